The summed E-state index contributed by atoms with van der Waals surface area (Å²) >= 11 is 0. The number of pyridine rings is 1. The van der Waals surface area contributed by atoms with Crippen LogP contribution in [0.25, 0.3) is 10.9 Å². The lowest BCUT2D eigenvalue weighted by atomic mass is 10.0. The second kappa shape index (κ2) is 7.98. The Labute approximate surface area is 169 Å². The summed E-state index contributed by atoms with van der Waals surface area (Å²) in [6.45, 7) is 4.12. The summed E-state index contributed by atoms with van der Waals surface area (Å²) in [5, 5.41) is 10.4. The maximum absolute atomic E-state index is 13.4. The molecule has 1 saturated heterocycles. The number of benzene rings is 2. The van der Waals surface area contributed by atoms with E-state index >= 15 is 0 Å². The molecular formula is C23H21FN4O. The number of carbonyl (C=O) groups is 1. The average molecular weight is 388 g/mol. The molecule has 0 saturated carbocycles. The Morgan fingerprint density at radius 1 is 1.10 bits per heavy atom. The second-order valence-electron chi connectivity index (χ2n) is 7.23. The quantitative estimate of drug-likeness (QED) is 0.686. The summed E-state index contributed by atoms with van der Waals surface area (Å²) in [7, 11) is 0. The third-order valence-electron chi connectivity index (χ3n) is 5.40. The van der Waals surface area contributed by atoms with Gasteiger partial charge in [0.05, 0.1) is 22.8 Å². The number of aromatic nitrogens is 1. The molecule has 0 aliphatic carbocycles. The monoisotopic (exact) mass is 388 g/mol. The van der Waals surface area contributed by atoms with Gasteiger partial charge in [-0.25, -0.2) is 4.39 Å². The van der Waals surface area contributed by atoms with E-state index in [-0.39, 0.29) is 17.8 Å². The lowest BCUT2D eigenvalue weighted by Crippen LogP contribution is -2.49. The first-order chi connectivity index (χ1) is 14.1. The van der Waals surface area contributed by atoms with Crippen molar-refractivity contribution in [3.05, 3.63) is 77.2 Å². The van der Waals surface area contributed by atoms with Gasteiger partial charge in [0.2, 0.25) is 0 Å². The number of nitrogens with zero attached hydrogens (tertiary/aromatic N) is 4. The molecule has 0 radical (unpaired) electrons. The molecule has 29 heavy (non-hydrogen) atoms. The number of halogens is 1. The third kappa shape index (κ3) is 3.82. The molecule has 0 spiro atoms. The van der Waals surface area contributed by atoms with Crippen molar-refractivity contribution in [2.24, 2.45) is 0 Å². The molecule has 1 aliphatic rings. The van der Waals surface area contributed by atoms with Crippen LogP contribution < -0.4 is 0 Å². The van der Waals surface area contributed by atoms with Gasteiger partial charge in [0, 0.05) is 37.6 Å². The SMILES string of the molecule is Cc1nc2cc(F)ccc2cc1C(=O)N1CCN([C@@H](C#N)c2ccccc2)CC1. The van der Waals surface area contributed by atoms with E-state index in [0.717, 1.165) is 10.9 Å². The normalized spacial score (nSPS) is 15.8. The zero-order valence-electron chi connectivity index (χ0n) is 16.2. The van der Waals surface area contributed by atoms with E-state index in [2.05, 4.69) is 16.0 Å². The van der Waals surface area contributed by atoms with Crippen LogP contribution in [0.15, 0.2) is 54.6 Å². The van der Waals surface area contributed by atoms with E-state index in [9.17, 15) is 14.4 Å². The minimum Gasteiger partial charge on any atom is -0.336 e. The minimum atomic E-state index is -0.343. The Morgan fingerprint density at radius 3 is 2.52 bits per heavy atom. The van der Waals surface area contributed by atoms with E-state index in [4.69, 9.17) is 0 Å². The highest BCUT2D eigenvalue weighted by Gasteiger charge is 2.28. The molecule has 1 fully saturated rings. The van der Waals surface area contributed by atoms with E-state index in [0.29, 0.717) is 43.0 Å². The first-order valence-electron chi connectivity index (χ1n) is 9.61. The van der Waals surface area contributed by atoms with Crippen LogP contribution in [0.2, 0.25) is 0 Å². The van der Waals surface area contributed by atoms with Crippen molar-refractivity contribution in [1.82, 2.24) is 14.8 Å². The smallest absolute Gasteiger partial charge is 0.255 e. The van der Waals surface area contributed by atoms with Gasteiger partial charge in [0.15, 0.2) is 0 Å². The van der Waals surface area contributed by atoms with Crippen molar-refractivity contribution < 1.29 is 9.18 Å². The molecule has 6 heteroatoms. The van der Waals surface area contributed by atoms with Crippen LogP contribution in [0.3, 0.4) is 0 Å². The number of hydrogen-bond acceptors (Lipinski definition) is 4. The molecule has 2 aromatic carbocycles. The van der Waals surface area contributed by atoms with E-state index < -0.39 is 0 Å². The van der Waals surface area contributed by atoms with Gasteiger partial charge < -0.3 is 4.90 Å². The number of nitriles is 1. The highest BCUT2D eigenvalue weighted by molar-refractivity contribution is 5.98. The van der Waals surface area contributed by atoms with Crippen molar-refractivity contribution >= 4 is 16.8 Å². The predicted octanol–water partition coefficient (Wildman–Crippen LogP) is 3.71. The fourth-order valence-corrected chi connectivity index (χ4v) is 3.81. The van der Waals surface area contributed by atoms with E-state index in [1.165, 1.54) is 12.1 Å². The molecule has 4 rings (SSSR count). The summed E-state index contributed by atoms with van der Waals surface area (Å²) in [6, 6.07) is 18.0. The van der Waals surface area contributed by atoms with Crippen LogP contribution in [-0.2, 0) is 0 Å². The van der Waals surface area contributed by atoms with Gasteiger partial charge in [-0.15, -0.1) is 0 Å². The van der Waals surface area contributed by atoms with Gasteiger partial charge in [-0.05, 0) is 30.7 Å². The first kappa shape index (κ1) is 19.0. The minimum absolute atomic E-state index is 0.0749. The van der Waals surface area contributed by atoms with E-state index in [1.807, 2.05) is 30.3 Å². The van der Waals surface area contributed by atoms with Gasteiger partial charge in [-0.3, -0.25) is 14.7 Å². The summed E-state index contributed by atoms with van der Waals surface area (Å²) in [5.41, 5.74) is 2.65. The molecule has 2 heterocycles. The Bertz CT molecular complexity index is 1090. The van der Waals surface area contributed by atoms with Crippen LogP contribution in [0.1, 0.15) is 27.7 Å². The standard InChI is InChI=1S/C23H21FN4O/c1-16-20(13-18-7-8-19(24)14-21(18)26-16)23(29)28-11-9-27(10-12-28)22(15-25)17-5-3-2-4-6-17/h2-8,13-14,22H,9-12H2,1H3/t22-/m0/s1. The number of hydrogen-bond donors (Lipinski definition) is 0. The van der Waals surface area contributed by atoms with Crippen LogP contribution >= 0.6 is 0 Å². The molecule has 5 nitrogen and oxygen atoms in total. The largest absolute Gasteiger partial charge is 0.336 e. The number of amides is 1. The van der Waals surface area contributed by atoms with Gasteiger partial charge >= 0.3 is 0 Å². The maximum Gasteiger partial charge on any atom is 0.255 e. The lowest BCUT2D eigenvalue weighted by Gasteiger charge is -2.37. The maximum atomic E-state index is 13.4. The Balaban J connectivity index is 1.49. The van der Waals surface area contributed by atoms with Gasteiger partial charge in [-0.1, -0.05) is 30.3 Å². The summed E-state index contributed by atoms with van der Waals surface area (Å²) in [4.78, 5) is 21.4. The summed E-state index contributed by atoms with van der Waals surface area (Å²) in [6.07, 6.45) is 0. The Kier molecular flexibility index (Phi) is 5.24. The lowest BCUT2D eigenvalue weighted by molar-refractivity contribution is 0.0605. The van der Waals surface area contributed by atoms with Gasteiger partial charge in [0.25, 0.3) is 5.91 Å². The van der Waals surface area contributed by atoms with E-state index in [1.54, 1.807) is 24.0 Å². The molecule has 3 aromatic rings. The molecule has 1 atom stereocenters. The van der Waals surface area contributed by atoms with Crippen molar-refractivity contribution in [3.8, 4) is 6.07 Å². The number of fused-ring (bicyclic) bond motifs is 1. The molecule has 0 bridgehead atoms. The number of aryl methyl sites for hydroxylation is 1. The summed E-state index contributed by atoms with van der Waals surface area (Å²) in [5.74, 6) is -0.417. The van der Waals surface area contributed by atoms with Crippen molar-refractivity contribution in [2.75, 3.05) is 26.2 Å². The first-order valence-corrected chi connectivity index (χ1v) is 9.61. The zero-order chi connectivity index (χ0) is 20.4. The number of rotatable bonds is 3. The highest BCUT2D eigenvalue weighted by Crippen LogP contribution is 2.23. The van der Waals surface area contributed by atoms with Gasteiger partial charge in [-0.2, -0.15) is 5.26 Å². The highest BCUT2D eigenvalue weighted by atomic mass is 19.1. The van der Waals surface area contributed by atoms with Gasteiger partial charge in [0.1, 0.15) is 11.9 Å². The van der Waals surface area contributed by atoms with Crippen molar-refractivity contribution in [3.63, 3.8) is 0 Å². The molecule has 0 unspecified atom stereocenters. The number of carbonyl (C=O) groups excluding carboxylic acids is 1. The number of piperazine rings is 1. The van der Waals surface area contributed by atoms with Crippen molar-refractivity contribution in [1.29, 1.82) is 5.26 Å². The molecule has 0 N–H and O–H groups in total. The fraction of sp³-hybridized carbons (Fsp3) is 0.261. The van der Waals surface area contributed by atoms with Crippen LogP contribution in [-0.4, -0.2) is 46.9 Å². The second-order valence-corrected chi connectivity index (χ2v) is 7.23. The topological polar surface area (TPSA) is 60.2 Å². The Morgan fingerprint density at radius 2 is 1.83 bits per heavy atom. The van der Waals surface area contributed by atoms with Crippen LogP contribution in [0.4, 0.5) is 4.39 Å². The van der Waals surface area contributed by atoms with Crippen LogP contribution in [0.5, 0.6) is 0 Å². The molecular weight excluding hydrogens is 367 g/mol. The average Bonchev–Trinajstić information content (AvgIpc) is 2.74. The predicted molar refractivity (Wildman–Crippen MR) is 109 cm³/mol. The molecule has 146 valence electrons. The van der Waals surface area contributed by atoms with Crippen LogP contribution in [0, 0.1) is 24.1 Å². The van der Waals surface area contributed by atoms with Crippen molar-refractivity contribution in [2.45, 2.75) is 13.0 Å². The molecule has 1 aliphatic heterocycles. The summed E-state index contributed by atoms with van der Waals surface area (Å²) < 4.78 is 13.4. The zero-order valence-corrected chi connectivity index (χ0v) is 16.2. The third-order valence-corrected chi connectivity index (χ3v) is 5.40. The molecule has 1 aromatic heterocycles. The molecule has 1 amide bonds. The fourth-order valence-electron chi connectivity index (χ4n) is 3.81. The Hall–Kier alpha value is -3.30.